The van der Waals surface area contributed by atoms with Gasteiger partial charge in [0.05, 0.1) is 6.61 Å². The van der Waals surface area contributed by atoms with Crippen LogP contribution in [-0.2, 0) is 13.8 Å². The van der Waals surface area contributed by atoms with Crippen molar-refractivity contribution in [3.63, 3.8) is 0 Å². The van der Waals surface area contributed by atoms with Crippen molar-refractivity contribution in [2.75, 3.05) is 19.8 Å². The van der Waals surface area contributed by atoms with E-state index in [9.17, 15) is 4.57 Å². The van der Waals surface area contributed by atoms with Crippen LogP contribution in [0.1, 0.15) is 115 Å². The van der Waals surface area contributed by atoms with Crippen molar-refractivity contribution in [3.05, 3.63) is 17.8 Å². The van der Waals surface area contributed by atoms with Crippen LogP contribution in [0.2, 0.25) is 0 Å². The summed E-state index contributed by atoms with van der Waals surface area (Å²) in [4.78, 5) is 18.2. The molecular formula is C26H46N3O6P. The molecule has 0 aromatic carbocycles. The van der Waals surface area contributed by atoms with E-state index in [-0.39, 0.29) is 24.8 Å². The molecular weight excluding hydrogens is 481 g/mol. The standard InChI is InChI=1S/C26H46N3O6P/c1-2-3-4-5-6-7-8-9-10-11-12-13-14-15-16-17-20-33-22-25(35-36(30,31)32)23-34-26-19-18-24(21-27)28-29-26/h18-19,25H,2-17,20,22-23H2,1H3,(H2,30,31,32). The van der Waals surface area contributed by atoms with Crippen LogP contribution >= 0.6 is 7.82 Å². The third-order valence-electron chi connectivity index (χ3n) is 5.90. The van der Waals surface area contributed by atoms with Crippen LogP contribution in [0.25, 0.3) is 0 Å². The number of phosphoric ester groups is 1. The Morgan fingerprint density at radius 1 is 0.833 bits per heavy atom. The summed E-state index contributed by atoms with van der Waals surface area (Å²) in [6.45, 7) is 2.59. The minimum Gasteiger partial charge on any atom is -0.474 e. The number of aromatic nitrogens is 2. The van der Waals surface area contributed by atoms with Gasteiger partial charge < -0.3 is 19.3 Å². The molecule has 0 aliphatic carbocycles. The monoisotopic (exact) mass is 527 g/mol. The number of hydrogen-bond donors (Lipinski definition) is 2. The molecule has 0 spiro atoms. The minimum atomic E-state index is -4.69. The van der Waals surface area contributed by atoms with Crippen molar-refractivity contribution in [3.8, 4) is 11.9 Å². The van der Waals surface area contributed by atoms with Crippen LogP contribution in [0.3, 0.4) is 0 Å². The minimum absolute atomic E-state index is 0.00639. The number of nitriles is 1. The maximum Gasteiger partial charge on any atom is 0.470 e. The predicted molar refractivity (Wildman–Crippen MR) is 140 cm³/mol. The molecule has 0 saturated heterocycles. The Balaban J connectivity index is 2.00. The maximum absolute atomic E-state index is 11.2. The van der Waals surface area contributed by atoms with E-state index in [4.69, 9.17) is 29.0 Å². The van der Waals surface area contributed by atoms with Gasteiger partial charge in [0.15, 0.2) is 5.69 Å². The highest BCUT2D eigenvalue weighted by Gasteiger charge is 2.23. The molecule has 0 amide bonds. The molecule has 2 N–H and O–H groups in total. The average molecular weight is 528 g/mol. The van der Waals surface area contributed by atoms with E-state index in [2.05, 4.69) is 17.1 Å². The summed E-state index contributed by atoms with van der Waals surface area (Å²) in [6.07, 6.45) is 19.8. The summed E-state index contributed by atoms with van der Waals surface area (Å²) >= 11 is 0. The van der Waals surface area contributed by atoms with Crippen LogP contribution in [0.4, 0.5) is 0 Å². The van der Waals surface area contributed by atoms with Gasteiger partial charge in [0.25, 0.3) is 0 Å². The second kappa shape index (κ2) is 21.5. The Bertz CT molecular complexity index is 738. The molecule has 9 nitrogen and oxygen atoms in total. The average Bonchev–Trinajstić information content (AvgIpc) is 2.86. The summed E-state index contributed by atoms with van der Waals surface area (Å²) < 4.78 is 26.9. The fraction of sp³-hybridized carbons (Fsp3) is 0.808. The lowest BCUT2D eigenvalue weighted by atomic mass is 10.0. The summed E-state index contributed by atoms with van der Waals surface area (Å²) in [5, 5.41) is 16.1. The largest absolute Gasteiger partial charge is 0.474 e. The number of ether oxygens (including phenoxy) is 2. The summed E-state index contributed by atoms with van der Waals surface area (Å²) in [6, 6.07) is 4.74. The van der Waals surface area contributed by atoms with Crippen LogP contribution in [0.15, 0.2) is 12.1 Å². The van der Waals surface area contributed by atoms with E-state index in [1.54, 1.807) is 0 Å². The second-order valence-electron chi connectivity index (χ2n) is 9.28. The first kappa shape index (κ1) is 32.5. The normalized spacial score (nSPS) is 12.4. The Morgan fingerprint density at radius 2 is 1.36 bits per heavy atom. The molecule has 0 aliphatic heterocycles. The van der Waals surface area contributed by atoms with Crippen LogP contribution in [-0.4, -0.2) is 45.9 Å². The lowest BCUT2D eigenvalue weighted by Gasteiger charge is -2.18. The highest BCUT2D eigenvalue weighted by molar-refractivity contribution is 7.46. The van der Waals surface area contributed by atoms with Gasteiger partial charge in [-0.3, -0.25) is 4.52 Å². The van der Waals surface area contributed by atoms with Crippen molar-refractivity contribution in [2.45, 2.75) is 116 Å². The Kier molecular flexibility index (Phi) is 19.4. The van der Waals surface area contributed by atoms with Crippen LogP contribution in [0.5, 0.6) is 5.88 Å². The molecule has 1 aromatic heterocycles. The van der Waals surface area contributed by atoms with Gasteiger partial charge in [0, 0.05) is 12.7 Å². The molecule has 36 heavy (non-hydrogen) atoms. The van der Waals surface area contributed by atoms with Gasteiger partial charge in [-0.1, -0.05) is 103 Å². The zero-order valence-corrected chi connectivity index (χ0v) is 22.9. The fourth-order valence-electron chi connectivity index (χ4n) is 3.91. The molecule has 0 bridgehead atoms. The van der Waals surface area contributed by atoms with Gasteiger partial charge in [0.1, 0.15) is 18.8 Å². The first-order valence-electron chi connectivity index (χ1n) is 13.6. The van der Waals surface area contributed by atoms with Crippen LogP contribution < -0.4 is 4.74 Å². The SMILES string of the molecule is CCCCCCCCCCCCCCCCCCOCC(COc1ccc(C#N)nn1)OP(=O)(O)O. The smallest absolute Gasteiger partial charge is 0.470 e. The fourth-order valence-corrected chi connectivity index (χ4v) is 4.42. The van der Waals surface area contributed by atoms with E-state index in [0.29, 0.717) is 6.61 Å². The van der Waals surface area contributed by atoms with E-state index < -0.39 is 13.9 Å². The molecule has 10 heteroatoms. The number of unbranched alkanes of at least 4 members (excludes halogenated alkanes) is 15. The van der Waals surface area contributed by atoms with Gasteiger partial charge in [-0.05, 0) is 12.5 Å². The third kappa shape index (κ3) is 19.6. The van der Waals surface area contributed by atoms with Crippen molar-refractivity contribution in [1.29, 1.82) is 5.26 Å². The van der Waals surface area contributed by atoms with E-state index >= 15 is 0 Å². The lowest BCUT2D eigenvalue weighted by Crippen LogP contribution is -2.27. The second-order valence-corrected chi connectivity index (χ2v) is 10.5. The third-order valence-corrected chi connectivity index (χ3v) is 6.48. The lowest BCUT2D eigenvalue weighted by molar-refractivity contribution is 0.00848. The van der Waals surface area contributed by atoms with Gasteiger partial charge in [-0.2, -0.15) is 5.26 Å². The van der Waals surface area contributed by atoms with E-state index in [1.807, 2.05) is 6.07 Å². The number of rotatable bonds is 24. The van der Waals surface area contributed by atoms with Crippen molar-refractivity contribution >= 4 is 7.82 Å². The molecule has 0 aliphatic rings. The molecule has 1 heterocycles. The topological polar surface area (TPSA) is 135 Å². The van der Waals surface area contributed by atoms with E-state index in [0.717, 1.165) is 12.8 Å². The molecule has 1 atom stereocenters. The summed E-state index contributed by atoms with van der Waals surface area (Å²) in [7, 11) is -4.69. The zero-order chi connectivity index (χ0) is 26.3. The highest BCUT2D eigenvalue weighted by atomic mass is 31.2. The van der Waals surface area contributed by atoms with Gasteiger partial charge in [0.2, 0.25) is 5.88 Å². The quantitative estimate of drug-likeness (QED) is 0.114. The van der Waals surface area contributed by atoms with Crippen LogP contribution in [0, 0.1) is 11.3 Å². The number of hydrogen-bond acceptors (Lipinski definition) is 7. The Hall–Kier alpha value is -1.56. The molecule has 1 aromatic rings. The number of nitrogens with zero attached hydrogens (tertiary/aromatic N) is 3. The van der Waals surface area contributed by atoms with Crippen molar-refractivity contribution < 1.29 is 28.3 Å². The molecule has 206 valence electrons. The molecule has 0 fully saturated rings. The maximum atomic E-state index is 11.2. The zero-order valence-electron chi connectivity index (χ0n) is 22.0. The van der Waals surface area contributed by atoms with Gasteiger partial charge >= 0.3 is 7.82 Å². The molecule has 1 unspecified atom stereocenters. The van der Waals surface area contributed by atoms with Gasteiger partial charge in [-0.15, -0.1) is 10.2 Å². The molecule has 0 saturated carbocycles. The molecule has 0 radical (unpaired) electrons. The highest BCUT2D eigenvalue weighted by Crippen LogP contribution is 2.37. The number of phosphoric acid groups is 1. The Morgan fingerprint density at radius 3 is 1.81 bits per heavy atom. The van der Waals surface area contributed by atoms with E-state index in [1.165, 1.54) is 102 Å². The molecule has 1 rings (SSSR count). The summed E-state index contributed by atoms with van der Waals surface area (Å²) in [5.41, 5.74) is 0.146. The predicted octanol–water partition coefficient (Wildman–Crippen LogP) is 6.48. The first-order valence-corrected chi connectivity index (χ1v) is 15.2. The van der Waals surface area contributed by atoms with Crippen molar-refractivity contribution in [1.82, 2.24) is 10.2 Å². The summed E-state index contributed by atoms with van der Waals surface area (Å²) in [5.74, 6) is 0.131. The Labute approximate surface area is 217 Å². The van der Waals surface area contributed by atoms with Crippen molar-refractivity contribution in [2.24, 2.45) is 0 Å². The first-order chi connectivity index (χ1) is 17.4. The van der Waals surface area contributed by atoms with Gasteiger partial charge in [-0.25, -0.2) is 4.57 Å².